The van der Waals surface area contributed by atoms with E-state index < -0.39 is 0 Å². The first-order valence-corrected chi connectivity index (χ1v) is 15.1. The van der Waals surface area contributed by atoms with Crippen molar-refractivity contribution in [1.29, 1.82) is 0 Å². The third-order valence-corrected chi connectivity index (χ3v) is 13.9. The number of fused-ring (bicyclic) bond motifs is 7. The zero-order chi connectivity index (χ0) is 25.7. The SMILES string of the molecule is CCOC(=O)[C@]12CCC(C)(C)C[C@H]1C1=CC[C@@H]3[C@@]4(C)CC[C@H](C)C(C)(C)[C@@H]4CC[C@@]3(C)[C@]1(C)CC2. The number of hydrogen-bond donors (Lipinski definition) is 0. The van der Waals surface area contributed by atoms with Gasteiger partial charge in [0.25, 0.3) is 0 Å². The zero-order valence-electron chi connectivity index (χ0n) is 24.5. The van der Waals surface area contributed by atoms with Gasteiger partial charge in [-0.25, -0.2) is 0 Å². The highest BCUT2D eigenvalue weighted by molar-refractivity contribution is 5.78. The van der Waals surface area contributed by atoms with Gasteiger partial charge in [0.2, 0.25) is 0 Å². The minimum Gasteiger partial charge on any atom is -0.466 e. The maximum Gasteiger partial charge on any atom is 0.312 e. The average molecular weight is 483 g/mol. The van der Waals surface area contributed by atoms with Gasteiger partial charge in [-0.2, -0.15) is 0 Å². The Morgan fingerprint density at radius 3 is 2.29 bits per heavy atom. The lowest BCUT2D eigenvalue weighted by molar-refractivity contribution is -0.196. The molecule has 0 radical (unpaired) electrons. The summed E-state index contributed by atoms with van der Waals surface area (Å²) in [4.78, 5) is 13.6. The summed E-state index contributed by atoms with van der Waals surface area (Å²) in [6, 6.07) is 0. The molecule has 4 saturated carbocycles. The third-order valence-electron chi connectivity index (χ3n) is 13.9. The van der Waals surface area contributed by atoms with Gasteiger partial charge < -0.3 is 4.74 Å². The largest absolute Gasteiger partial charge is 0.466 e. The highest BCUT2D eigenvalue weighted by atomic mass is 16.5. The summed E-state index contributed by atoms with van der Waals surface area (Å²) < 4.78 is 5.81. The van der Waals surface area contributed by atoms with E-state index in [-0.39, 0.29) is 16.8 Å². The van der Waals surface area contributed by atoms with Crippen LogP contribution >= 0.6 is 0 Å². The first-order chi connectivity index (χ1) is 16.2. The predicted molar refractivity (Wildman–Crippen MR) is 145 cm³/mol. The second-order valence-corrected chi connectivity index (χ2v) is 15.9. The van der Waals surface area contributed by atoms with Gasteiger partial charge in [-0.1, -0.05) is 67.0 Å². The van der Waals surface area contributed by atoms with Gasteiger partial charge in [-0.15, -0.1) is 0 Å². The van der Waals surface area contributed by atoms with E-state index in [1.165, 1.54) is 32.1 Å². The van der Waals surface area contributed by atoms with Crippen LogP contribution in [0.3, 0.4) is 0 Å². The summed E-state index contributed by atoms with van der Waals surface area (Å²) in [5.41, 5.74) is 3.04. The van der Waals surface area contributed by atoms with Crippen molar-refractivity contribution in [3.05, 3.63) is 11.6 Å². The van der Waals surface area contributed by atoms with Crippen molar-refractivity contribution in [2.75, 3.05) is 6.61 Å². The summed E-state index contributed by atoms with van der Waals surface area (Å²) in [6.45, 7) is 23.0. The Kier molecular flexibility index (Phi) is 5.80. The molecule has 0 saturated heterocycles. The Morgan fingerprint density at radius 1 is 0.914 bits per heavy atom. The minimum absolute atomic E-state index is 0.106. The number of carbonyl (C=O) groups excluding carboxylic acids is 1. The van der Waals surface area contributed by atoms with E-state index in [2.05, 4.69) is 61.5 Å². The molecule has 0 N–H and O–H groups in total. The van der Waals surface area contributed by atoms with Gasteiger partial charge in [0, 0.05) is 0 Å². The summed E-state index contributed by atoms with van der Waals surface area (Å²) in [7, 11) is 0. The second kappa shape index (κ2) is 7.86. The predicted octanol–water partition coefficient (Wildman–Crippen LogP) is 8.99. The molecule has 4 fully saturated rings. The molecule has 0 aliphatic heterocycles. The average Bonchev–Trinajstić information content (AvgIpc) is 2.77. The van der Waals surface area contributed by atoms with Crippen molar-refractivity contribution in [2.24, 2.45) is 56.2 Å². The van der Waals surface area contributed by atoms with Crippen LogP contribution in [0.4, 0.5) is 0 Å². The lowest BCUT2D eigenvalue weighted by Crippen LogP contribution is -2.64. The molecular formula is C33H54O2. The van der Waals surface area contributed by atoms with E-state index >= 15 is 0 Å². The van der Waals surface area contributed by atoms with E-state index in [4.69, 9.17) is 4.74 Å². The Labute approximate surface area is 216 Å². The molecule has 2 heteroatoms. The standard InChI is InChI=1S/C33H54O2/c1-10-35-27(34)33-19-17-28(3,4)21-24(33)23-11-12-26-30(7)15-13-22(2)29(5,6)25(30)14-16-32(26,9)31(23,8)18-20-33/h11,22,24-26H,10,12-21H2,1-9H3/t22-,24-,25-,26+,30-,31+,32+,33-/m0/s1. The summed E-state index contributed by atoms with van der Waals surface area (Å²) >= 11 is 0. The quantitative estimate of drug-likeness (QED) is 0.290. The van der Waals surface area contributed by atoms with Crippen LogP contribution in [-0.2, 0) is 9.53 Å². The number of hydrogen-bond acceptors (Lipinski definition) is 2. The Hall–Kier alpha value is -0.790. The Morgan fingerprint density at radius 2 is 1.60 bits per heavy atom. The van der Waals surface area contributed by atoms with Gasteiger partial charge in [0.05, 0.1) is 12.0 Å². The molecule has 5 rings (SSSR count). The van der Waals surface area contributed by atoms with Crippen LogP contribution in [0.2, 0.25) is 0 Å². The van der Waals surface area contributed by atoms with E-state index in [1.54, 1.807) is 5.57 Å². The van der Waals surface area contributed by atoms with E-state index in [1.807, 2.05) is 6.92 Å². The zero-order valence-corrected chi connectivity index (χ0v) is 24.5. The van der Waals surface area contributed by atoms with Crippen molar-refractivity contribution in [1.82, 2.24) is 0 Å². The van der Waals surface area contributed by atoms with Crippen molar-refractivity contribution >= 4 is 5.97 Å². The Balaban J connectivity index is 1.59. The maximum atomic E-state index is 13.6. The molecule has 0 aromatic carbocycles. The molecule has 0 amide bonds. The number of ether oxygens (including phenoxy) is 1. The summed E-state index contributed by atoms with van der Waals surface area (Å²) in [5, 5.41) is 0. The van der Waals surface area contributed by atoms with E-state index in [0.29, 0.717) is 34.2 Å². The first kappa shape index (κ1) is 25.8. The smallest absolute Gasteiger partial charge is 0.312 e. The van der Waals surface area contributed by atoms with Crippen LogP contribution in [0.5, 0.6) is 0 Å². The van der Waals surface area contributed by atoms with Gasteiger partial charge in [-0.3, -0.25) is 4.79 Å². The van der Waals surface area contributed by atoms with Crippen molar-refractivity contribution in [3.8, 4) is 0 Å². The van der Waals surface area contributed by atoms with Crippen molar-refractivity contribution in [3.63, 3.8) is 0 Å². The van der Waals surface area contributed by atoms with Crippen LogP contribution in [-0.4, -0.2) is 12.6 Å². The minimum atomic E-state index is -0.288. The van der Waals surface area contributed by atoms with Crippen molar-refractivity contribution in [2.45, 2.75) is 127 Å². The fourth-order valence-electron chi connectivity index (χ4n) is 11.1. The second-order valence-electron chi connectivity index (χ2n) is 15.9. The first-order valence-electron chi connectivity index (χ1n) is 15.1. The summed E-state index contributed by atoms with van der Waals surface area (Å²) in [6.07, 6.45) is 14.9. The molecule has 8 atom stereocenters. The van der Waals surface area contributed by atoms with Gasteiger partial charge in [0.15, 0.2) is 0 Å². The van der Waals surface area contributed by atoms with Crippen LogP contribution in [0.15, 0.2) is 11.6 Å². The lowest BCUT2D eigenvalue weighted by atomic mass is 9.33. The molecule has 5 aliphatic rings. The van der Waals surface area contributed by atoms with Gasteiger partial charge in [-0.05, 0) is 122 Å². The van der Waals surface area contributed by atoms with Gasteiger partial charge >= 0.3 is 5.97 Å². The number of rotatable bonds is 2. The normalized spacial score (nSPS) is 50.0. The maximum absolute atomic E-state index is 13.6. The van der Waals surface area contributed by atoms with E-state index in [9.17, 15) is 4.79 Å². The molecule has 198 valence electrons. The van der Waals surface area contributed by atoms with Crippen LogP contribution in [0, 0.1) is 56.2 Å². The van der Waals surface area contributed by atoms with Crippen LogP contribution in [0.25, 0.3) is 0 Å². The third kappa shape index (κ3) is 3.29. The molecule has 0 heterocycles. The monoisotopic (exact) mass is 482 g/mol. The highest BCUT2D eigenvalue weighted by Gasteiger charge is 2.69. The fourth-order valence-corrected chi connectivity index (χ4v) is 11.1. The van der Waals surface area contributed by atoms with Crippen molar-refractivity contribution < 1.29 is 9.53 Å². The summed E-state index contributed by atoms with van der Waals surface area (Å²) in [5.74, 6) is 2.86. The van der Waals surface area contributed by atoms with E-state index in [0.717, 1.165) is 49.9 Å². The highest BCUT2D eigenvalue weighted by Crippen LogP contribution is 2.76. The molecule has 0 bridgehead atoms. The Bertz CT molecular complexity index is 912. The number of esters is 1. The number of allylic oxidation sites excluding steroid dienone is 2. The lowest BCUT2D eigenvalue weighted by Gasteiger charge is -2.71. The van der Waals surface area contributed by atoms with Gasteiger partial charge in [0.1, 0.15) is 0 Å². The molecule has 0 aromatic heterocycles. The fraction of sp³-hybridized carbons (Fsp3) is 0.909. The van der Waals surface area contributed by atoms with Crippen LogP contribution in [0.1, 0.15) is 127 Å². The topological polar surface area (TPSA) is 26.3 Å². The number of carbonyl (C=O) groups is 1. The van der Waals surface area contributed by atoms with Crippen LogP contribution < -0.4 is 0 Å². The molecule has 5 aliphatic carbocycles. The molecule has 0 aromatic rings. The molecular weight excluding hydrogens is 428 g/mol. The molecule has 2 nitrogen and oxygen atoms in total. The molecule has 0 spiro atoms. The molecule has 0 unspecified atom stereocenters. The molecule has 35 heavy (non-hydrogen) atoms.